The van der Waals surface area contributed by atoms with Gasteiger partial charge in [0.2, 0.25) is 0 Å². The van der Waals surface area contributed by atoms with Gasteiger partial charge in [-0.2, -0.15) is 5.10 Å². The summed E-state index contributed by atoms with van der Waals surface area (Å²) < 4.78 is 1.75. The Morgan fingerprint density at radius 2 is 2.23 bits per heavy atom. The molecule has 13 heavy (non-hydrogen) atoms. The summed E-state index contributed by atoms with van der Waals surface area (Å²) in [6.45, 7) is 1.94. The molecule has 0 bridgehead atoms. The van der Waals surface area contributed by atoms with E-state index in [-0.39, 0.29) is 6.04 Å². The van der Waals surface area contributed by atoms with Crippen molar-refractivity contribution in [3.8, 4) is 0 Å². The molecule has 2 N–H and O–H groups in total. The molecule has 0 aromatic carbocycles. The van der Waals surface area contributed by atoms with E-state index < -0.39 is 0 Å². The minimum absolute atomic E-state index is 0.0251. The third-order valence-corrected chi connectivity index (χ3v) is 2.12. The van der Waals surface area contributed by atoms with E-state index >= 15 is 0 Å². The second-order valence-electron chi connectivity index (χ2n) is 3.24. The van der Waals surface area contributed by atoms with Gasteiger partial charge in [-0.25, -0.2) is 4.98 Å². The van der Waals surface area contributed by atoms with Crippen LogP contribution >= 0.6 is 0 Å². The van der Waals surface area contributed by atoms with Crippen molar-refractivity contribution in [3.05, 3.63) is 24.0 Å². The molecule has 1 unspecified atom stereocenters. The highest BCUT2D eigenvalue weighted by atomic mass is 15.3. The molecule has 2 aromatic rings. The van der Waals surface area contributed by atoms with Crippen LogP contribution < -0.4 is 5.73 Å². The van der Waals surface area contributed by atoms with Crippen molar-refractivity contribution < 1.29 is 0 Å². The normalized spacial score (nSPS) is 13.5. The zero-order chi connectivity index (χ0) is 9.42. The number of aryl methyl sites for hydroxylation is 1. The van der Waals surface area contributed by atoms with Crippen LogP contribution in [0.2, 0.25) is 0 Å². The van der Waals surface area contributed by atoms with Crippen molar-refractivity contribution in [1.29, 1.82) is 0 Å². The average Bonchev–Trinajstić information content (AvgIpc) is 2.47. The Hall–Kier alpha value is -1.42. The zero-order valence-electron chi connectivity index (χ0n) is 7.73. The van der Waals surface area contributed by atoms with Gasteiger partial charge in [-0.3, -0.25) is 4.68 Å². The van der Waals surface area contributed by atoms with Gasteiger partial charge in [-0.05, 0) is 18.6 Å². The molecular weight excluding hydrogens is 164 g/mol. The Labute approximate surface area is 76.4 Å². The molecule has 0 aliphatic rings. The van der Waals surface area contributed by atoms with Crippen molar-refractivity contribution in [2.45, 2.75) is 13.0 Å². The van der Waals surface area contributed by atoms with Crippen LogP contribution in [0.5, 0.6) is 0 Å². The van der Waals surface area contributed by atoms with E-state index in [0.717, 1.165) is 16.6 Å². The standard InChI is InChI=1S/C9H12N4/c1-6(10)7-3-8-5-12-13(2)9(8)11-4-7/h3-6H,10H2,1-2H3. The number of hydrogen-bond donors (Lipinski definition) is 1. The molecule has 2 heterocycles. The first-order valence-electron chi connectivity index (χ1n) is 4.21. The number of rotatable bonds is 1. The fourth-order valence-corrected chi connectivity index (χ4v) is 1.31. The fraction of sp³-hybridized carbons (Fsp3) is 0.333. The van der Waals surface area contributed by atoms with E-state index in [4.69, 9.17) is 5.73 Å². The van der Waals surface area contributed by atoms with Crippen LogP contribution in [0.3, 0.4) is 0 Å². The number of hydrogen-bond acceptors (Lipinski definition) is 3. The third-order valence-electron chi connectivity index (χ3n) is 2.12. The highest BCUT2D eigenvalue weighted by molar-refractivity contribution is 5.74. The van der Waals surface area contributed by atoms with Gasteiger partial charge in [-0.15, -0.1) is 0 Å². The third kappa shape index (κ3) is 1.29. The molecule has 4 heteroatoms. The number of pyridine rings is 1. The summed E-state index contributed by atoms with van der Waals surface area (Å²) in [5.74, 6) is 0. The molecule has 0 saturated heterocycles. The molecule has 0 amide bonds. The molecule has 0 spiro atoms. The van der Waals surface area contributed by atoms with Crippen LogP contribution in [-0.4, -0.2) is 14.8 Å². The number of aromatic nitrogens is 3. The SMILES string of the molecule is CC(N)c1cnc2c(cnn2C)c1. The van der Waals surface area contributed by atoms with Crippen molar-refractivity contribution in [1.82, 2.24) is 14.8 Å². The highest BCUT2D eigenvalue weighted by Gasteiger charge is 2.04. The maximum absolute atomic E-state index is 5.74. The maximum atomic E-state index is 5.74. The maximum Gasteiger partial charge on any atom is 0.157 e. The van der Waals surface area contributed by atoms with Gasteiger partial charge >= 0.3 is 0 Å². The summed E-state index contributed by atoms with van der Waals surface area (Å²) in [6, 6.07) is 2.05. The van der Waals surface area contributed by atoms with E-state index in [1.807, 2.05) is 20.0 Å². The molecule has 1 atom stereocenters. The summed E-state index contributed by atoms with van der Waals surface area (Å²) in [7, 11) is 1.88. The van der Waals surface area contributed by atoms with Crippen LogP contribution in [0.25, 0.3) is 11.0 Å². The Balaban J connectivity index is 2.63. The summed E-state index contributed by atoms with van der Waals surface area (Å²) in [5.41, 5.74) is 7.68. The average molecular weight is 176 g/mol. The van der Waals surface area contributed by atoms with Crippen LogP contribution in [0, 0.1) is 0 Å². The quantitative estimate of drug-likeness (QED) is 0.704. The predicted octanol–water partition coefficient (Wildman–Crippen LogP) is 0.988. The lowest BCUT2D eigenvalue weighted by atomic mass is 10.1. The van der Waals surface area contributed by atoms with Crippen molar-refractivity contribution in [2.75, 3.05) is 0 Å². The minimum atomic E-state index is 0.0251. The summed E-state index contributed by atoms with van der Waals surface area (Å²) in [5, 5.41) is 5.15. The topological polar surface area (TPSA) is 56.7 Å². The van der Waals surface area contributed by atoms with Crippen LogP contribution in [0.4, 0.5) is 0 Å². The molecule has 0 fully saturated rings. The predicted molar refractivity (Wildman–Crippen MR) is 51.1 cm³/mol. The van der Waals surface area contributed by atoms with Gasteiger partial charge in [0.15, 0.2) is 5.65 Å². The second kappa shape index (κ2) is 2.81. The molecule has 0 saturated carbocycles. The Kier molecular flexibility index (Phi) is 1.77. The summed E-state index contributed by atoms with van der Waals surface area (Å²) in [4.78, 5) is 4.28. The summed E-state index contributed by atoms with van der Waals surface area (Å²) in [6.07, 6.45) is 3.60. The second-order valence-corrected chi connectivity index (χ2v) is 3.24. The fourth-order valence-electron chi connectivity index (χ4n) is 1.31. The molecule has 0 aliphatic heterocycles. The van der Waals surface area contributed by atoms with E-state index in [1.165, 1.54) is 0 Å². The Morgan fingerprint density at radius 1 is 1.46 bits per heavy atom. The van der Waals surface area contributed by atoms with Gasteiger partial charge in [0.25, 0.3) is 0 Å². The largest absolute Gasteiger partial charge is 0.324 e. The van der Waals surface area contributed by atoms with Crippen LogP contribution in [0.1, 0.15) is 18.5 Å². The Morgan fingerprint density at radius 3 is 2.92 bits per heavy atom. The van der Waals surface area contributed by atoms with E-state index in [9.17, 15) is 0 Å². The first-order valence-corrected chi connectivity index (χ1v) is 4.21. The van der Waals surface area contributed by atoms with E-state index in [1.54, 1.807) is 17.1 Å². The molecular formula is C9H12N4. The van der Waals surface area contributed by atoms with Crippen molar-refractivity contribution in [2.24, 2.45) is 12.8 Å². The Bertz CT molecular complexity index is 430. The lowest BCUT2D eigenvalue weighted by Gasteiger charge is -2.03. The first kappa shape index (κ1) is 8.19. The summed E-state index contributed by atoms with van der Waals surface area (Å²) >= 11 is 0. The molecule has 4 nitrogen and oxygen atoms in total. The van der Waals surface area contributed by atoms with Gasteiger partial charge in [-0.1, -0.05) is 0 Å². The number of fused-ring (bicyclic) bond motifs is 1. The number of nitrogens with two attached hydrogens (primary N) is 1. The molecule has 2 aromatic heterocycles. The van der Waals surface area contributed by atoms with Crippen LogP contribution in [-0.2, 0) is 7.05 Å². The van der Waals surface area contributed by atoms with Gasteiger partial charge in [0, 0.05) is 24.7 Å². The number of nitrogens with zero attached hydrogens (tertiary/aromatic N) is 3. The molecule has 2 rings (SSSR count). The first-order chi connectivity index (χ1) is 6.18. The van der Waals surface area contributed by atoms with Gasteiger partial charge in [0.05, 0.1) is 6.20 Å². The van der Waals surface area contributed by atoms with Crippen LogP contribution in [0.15, 0.2) is 18.5 Å². The van der Waals surface area contributed by atoms with E-state index in [2.05, 4.69) is 10.1 Å². The minimum Gasteiger partial charge on any atom is -0.324 e. The highest BCUT2D eigenvalue weighted by Crippen LogP contribution is 2.15. The zero-order valence-corrected chi connectivity index (χ0v) is 7.73. The van der Waals surface area contributed by atoms with Gasteiger partial charge in [0.1, 0.15) is 0 Å². The van der Waals surface area contributed by atoms with Crippen molar-refractivity contribution >= 4 is 11.0 Å². The monoisotopic (exact) mass is 176 g/mol. The lowest BCUT2D eigenvalue weighted by Crippen LogP contribution is -2.05. The van der Waals surface area contributed by atoms with Gasteiger partial charge < -0.3 is 5.73 Å². The molecule has 0 aliphatic carbocycles. The lowest BCUT2D eigenvalue weighted by molar-refractivity contribution is 0.782. The van der Waals surface area contributed by atoms with E-state index in [0.29, 0.717) is 0 Å². The molecule has 68 valence electrons. The van der Waals surface area contributed by atoms with Crippen molar-refractivity contribution in [3.63, 3.8) is 0 Å². The smallest absolute Gasteiger partial charge is 0.157 e. The molecule has 0 radical (unpaired) electrons.